The molecule has 0 heterocycles. The topological polar surface area (TPSA) is 63.6 Å². The van der Waals surface area contributed by atoms with Gasteiger partial charge in [-0.2, -0.15) is 0 Å². The fraction of sp³-hybridized carbons (Fsp3) is 0.176. The Morgan fingerprint density at radius 1 is 1.18 bits per heavy atom. The van der Waals surface area contributed by atoms with Gasteiger partial charge in [0.1, 0.15) is 11.3 Å². The number of benzene rings is 2. The van der Waals surface area contributed by atoms with Crippen molar-refractivity contribution in [1.29, 1.82) is 0 Å². The zero-order valence-electron chi connectivity index (χ0n) is 12.2. The second-order valence-corrected chi connectivity index (χ2v) is 5.38. The predicted octanol–water partition coefficient (Wildman–Crippen LogP) is 3.78. The van der Waals surface area contributed by atoms with E-state index in [9.17, 15) is 14.7 Å². The van der Waals surface area contributed by atoms with E-state index in [-0.39, 0.29) is 17.1 Å². The number of ketones is 1. The van der Waals surface area contributed by atoms with Crippen LogP contribution in [0.15, 0.2) is 42.5 Å². The number of hydrogen-bond donors (Lipinski definition) is 1. The van der Waals surface area contributed by atoms with Crippen molar-refractivity contribution in [1.82, 2.24) is 0 Å². The second-order valence-electron chi connectivity index (χ2n) is 4.94. The molecule has 0 radical (unpaired) electrons. The van der Waals surface area contributed by atoms with E-state index in [2.05, 4.69) is 0 Å². The summed E-state index contributed by atoms with van der Waals surface area (Å²) >= 11 is 5.84. The van der Waals surface area contributed by atoms with Gasteiger partial charge in [0.05, 0.1) is 0 Å². The number of aryl methyl sites for hydroxylation is 1. The Balaban J connectivity index is 2.14. The van der Waals surface area contributed by atoms with Crippen LogP contribution in [-0.2, 0) is 4.74 Å². The molecule has 0 aromatic heterocycles. The monoisotopic (exact) mass is 318 g/mol. The van der Waals surface area contributed by atoms with Crippen LogP contribution in [0.5, 0.6) is 5.75 Å². The van der Waals surface area contributed by atoms with Gasteiger partial charge in [-0.3, -0.25) is 4.79 Å². The maximum atomic E-state index is 12.2. The first kappa shape index (κ1) is 16.0. The molecule has 0 amide bonds. The molecule has 0 spiro atoms. The van der Waals surface area contributed by atoms with Crippen LogP contribution in [0.25, 0.3) is 0 Å². The number of phenolic OH excluding ortho intramolecular Hbond substituents is 1. The third-order valence-electron chi connectivity index (χ3n) is 3.13. The lowest BCUT2D eigenvalue weighted by molar-refractivity contribution is 0.0316. The molecule has 0 aliphatic rings. The smallest absolute Gasteiger partial charge is 0.342 e. The summed E-state index contributed by atoms with van der Waals surface area (Å²) in [6.45, 7) is 3.27. The Labute approximate surface area is 133 Å². The lowest BCUT2D eigenvalue weighted by Crippen LogP contribution is -2.24. The van der Waals surface area contributed by atoms with Gasteiger partial charge in [0.25, 0.3) is 0 Å². The number of carbonyl (C=O) groups excluding carboxylic acids is 2. The molecule has 0 fully saturated rings. The molecule has 0 saturated carbocycles. The Kier molecular flexibility index (Phi) is 4.83. The number of phenols is 1. The number of esters is 1. The van der Waals surface area contributed by atoms with Gasteiger partial charge in [-0.25, -0.2) is 4.79 Å². The molecule has 1 atom stereocenters. The maximum Gasteiger partial charge on any atom is 0.342 e. The number of aromatic hydroxyl groups is 1. The van der Waals surface area contributed by atoms with E-state index >= 15 is 0 Å². The summed E-state index contributed by atoms with van der Waals surface area (Å²) in [5.41, 5.74) is 1.20. The summed E-state index contributed by atoms with van der Waals surface area (Å²) < 4.78 is 5.14. The van der Waals surface area contributed by atoms with Gasteiger partial charge in [-0.1, -0.05) is 35.4 Å². The van der Waals surface area contributed by atoms with Crippen LogP contribution in [0.4, 0.5) is 0 Å². The van der Waals surface area contributed by atoms with Crippen molar-refractivity contribution < 1.29 is 19.4 Å². The average molecular weight is 319 g/mol. The van der Waals surface area contributed by atoms with Crippen LogP contribution in [0.3, 0.4) is 0 Å². The highest BCUT2D eigenvalue weighted by atomic mass is 35.5. The fourth-order valence-electron chi connectivity index (χ4n) is 1.97. The first-order valence-corrected chi connectivity index (χ1v) is 7.06. The minimum absolute atomic E-state index is 0.0331. The van der Waals surface area contributed by atoms with Crippen LogP contribution < -0.4 is 0 Å². The van der Waals surface area contributed by atoms with Crippen LogP contribution >= 0.6 is 11.6 Å². The molecule has 0 saturated heterocycles. The summed E-state index contributed by atoms with van der Waals surface area (Å²) in [5.74, 6) is -1.29. The SMILES string of the molecule is Cc1ccc(O)c(C(=O)OC(C)C(=O)c2cccc(Cl)c2)c1. The van der Waals surface area contributed by atoms with Crippen LogP contribution in [0, 0.1) is 6.92 Å². The number of Topliss-reactive ketones (excluding diaryl/α,β-unsaturated/α-hetero) is 1. The molecule has 2 aromatic carbocycles. The predicted molar refractivity (Wildman–Crippen MR) is 83.5 cm³/mol. The molecule has 114 valence electrons. The highest BCUT2D eigenvalue weighted by Gasteiger charge is 2.22. The maximum absolute atomic E-state index is 12.2. The summed E-state index contributed by atoms with van der Waals surface area (Å²) in [5, 5.41) is 10.1. The lowest BCUT2D eigenvalue weighted by Gasteiger charge is -2.13. The van der Waals surface area contributed by atoms with E-state index in [4.69, 9.17) is 16.3 Å². The van der Waals surface area contributed by atoms with E-state index < -0.39 is 12.1 Å². The molecule has 0 aliphatic carbocycles. The molecule has 0 aliphatic heterocycles. The van der Waals surface area contributed by atoms with Crippen molar-refractivity contribution in [2.45, 2.75) is 20.0 Å². The van der Waals surface area contributed by atoms with Crippen LogP contribution in [-0.4, -0.2) is 23.0 Å². The van der Waals surface area contributed by atoms with E-state index in [1.54, 1.807) is 31.2 Å². The van der Waals surface area contributed by atoms with Crippen LogP contribution in [0.1, 0.15) is 33.2 Å². The third kappa shape index (κ3) is 3.65. The highest BCUT2D eigenvalue weighted by Crippen LogP contribution is 2.20. The number of halogens is 1. The Hall–Kier alpha value is -2.33. The first-order chi connectivity index (χ1) is 10.4. The van der Waals surface area contributed by atoms with Crippen LogP contribution in [0.2, 0.25) is 5.02 Å². The number of carbonyl (C=O) groups is 2. The second kappa shape index (κ2) is 6.62. The van der Waals surface area contributed by atoms with Crippen molar-refractivity contribution >= 4 is 23.4 Å². The van der Waals surface area contributed by atoms with Crippen molar-refractivity contribution in [3.63, 3.8) is 0 Å². The number of hydrogen-bond acceptors (Lipinski definition) is 4. The minimum atomic E-state index is -0.981. The molecular formula is C17H15ClO4. The molecular weight excluding hydrogens is 304 g/mol. The number of ether oxygens (including phenoxy) is 1. The van der Waals surface area contributed by atoms with Gasteiger partial charge in [-0.15, -0.1) is 0 Å². The fourth-order valence-corrected chi connectivity index (χ4v) is 2.16. The summed E-state index contributed by atoms with van der Waals surface area (Å²) in [4.78, 5) is 24.3. The van der Waals surface area contributed by atoms with Crippen molar-refractivity contribution in [3.8, 4) is 5.75 Å². The van der Waals surface area contributed by atoms with Crippen molar-refractivity contribution in [3.05, 3.63) is 64.2 Å². The molecule has 22 heavy (non-hydrogen) atoms. The molecule has 1 unspecified atom stereocenters. The van der Waals surface area contributed by atoms with Crippen molar-refractivity contribution in [2.75, 3.05) is 0 Å². The van der Waals surface area contributed by atoms with Gasteiger partial charge in [-0.05, 0) is 38.1 Å². The van der Waals surface area contributed by atoms with Gasteiger partial charge in [0, 0.05) is 10.6 Å². The minimum Gasteiger partial charge on any atom is -0.507 e. The Bertz CT molecular complexity index is 724. The lowest BCUT2D eigenvalue weighted by atomic mass is 10.1. The molecule has 0 bridgehead atoms. The van der Waals surface area contributed by atoms with Gasteiger partial charge in [0.2, 0.25) is 5.78 Å². The third-order valence-corrected chi connectivity index (χ3v) is 3.37. The highest BCUT2D eigenvalue weighted by molar-refractivity contribution is 6.31. The Morgan fingerprint density at radius 3 is 2.59 bits per heavy atom. The normalized spacial score (nSPS) is 11.8. The van der Waals surface area contributed by atoms with E-state index in [1.807, 2.05) is 0 Å². The van der Waals surface area contributed by atoms with E-state index in [1.165, 1.54) is 25.1 Å². The van der Waals surface area contributed by atoms with E-state index in [0.29, 0.717) is 10.6 Å². The zero-order valence-corrected chi connectivity index (χ0v) is 12.9. The standard InChI is InChI=1S/C17H15ClO4/c1-10-6-7-15(19)14(8-10)17(21)22-11(2)16(20)12-4-3-5-13(18)9-12/h3-9,11,19H,1-2H3. The largest absolute Gasteiger partial charge is 0.507 e. The van der Waals surface area contributed by atoms with Gasteiger partial charge < -0.3 is 9.84 Å². The van der Waals surface area contributed by atoms with Gasteiger partial charge >= 0.3 is 5.97 Å². The number of rotatable bonds is 4. The average Bonchev–Trinajstić information content (AvgIpc) is 2.48. The first-order valence-electron chi connectivity index (χ1n) is 6.69. The summed E-state index contributed by atoms with van der Waals surface area (Å²) in [7, 11) is 0. The molecule has 5 heteroatoms. The van der Waals surface area contributed by atoms with E-state index in [0.717, 1.165) is 5.56 Å². The zero-order chi connectivity index (χ0) is 16.3. The summed E-state index contributed by atoms with van der Waals surface area (Å²) in [6, 6.07) is 11.0. The molecule has 2 aromatic rings. The molecule has 4 nitrogen and oxygen atoms in total. The quantitative estimate of drug-likeness (QED) is 0.688. The molecule has 1 N–H and O–H groups in total. The summed E-state index contributed by atoms with van der Waals surface area (Å²) in [6.07, 6.45) is -0.981. The van der Waals surface area contributed by atoms with Gasteiger partial charge in [0.15, 0.2) is 6.10 Å². The Morgan fingerprint density at radius 2 is 1.91 bits per heavy atom. The molecule has 2 rings (SSSR count). The van der Waals surface area contributed by atoms with Crippen molar-refractivity contribution in [2.24, 2.45) is 0 Å².